The molecule has 1 aromatic rings. The predicted molar refractivity (Wildman–Crippen MR) is 61.8 cm³/mol. The predicted octanol–water partition coefficient (Wildman–Crippen LogP) is 0.228. The van der Waals surface area contributed by atoms with Crippen molar-refractivity contribution in [3.63, 3.8) is 0 Å². The van der Waals surface area contributed by atoms with Gasteiger partial charge in [-0.1, -0.05) is 12.1 Å². The Kier molecular flexibility index (Phi) is 4.22. The van der Waals surface area contributed by atoms with Crippen molar-refractivity contribution in [2.45, 2.75) is 4.90 Å². The van der Waals surface area contributed by atoms with Gasteiger partial charge in [-0.3, -0.25) is 0 Å². The molecule has 6 nitrogen and oxygen atoms in total. The van der Waals surface area contributed by atoms with Crippen molar-refractivity contribution in [1.82, 2.24) is 9.84 Å². The van der Waals surface area contributed by atoms with Gasteiger partial charge in [-0.2, -0.15) is 0 Å². The van der Waals surface area contributed by atoms with Gasteiger partial charge in [-0.25, -0.2) is 18.2 Å². The van der Waals surface area contributed by atoms with Crippen molar-refractivity contribution in [1.29, 1.82) is 0 Å². The molecule has 0 aromatic heterocycles. The normalized spacial score (nSPS) is 11.5. The molecule has 0 aliphatic rings. The minimum absolute atomic E-state index is 0.00403. The minimum Gasteiger partial charge on any atom is -0.465 e. The van der Waals surface area contributed by atoms with E-state index in [9.17, 15) is 13.2 Å². The van der Waals surface area contributed by atoms with Gasteiger partial charge in [-0.15, -0.1) is 4.83 Å². The van der Waals surface area contributed by atoms with E-state index >= 15 is 0 Å². The van der Waals surface area contributed by atoms with Crippen molar-refractivity contribution in [2.75, 3.05) is 21.2 Å². The van der Waals surface area contributed by atoms with Crippen LogP contribution in [0.15, 0.2) is 29.2 Å². The Morgan fingerprint density at radius 1 is 1.29 bits per heavy atom. The third-order valence-electron chi connectivity index (χ3n) is 1.88. The van der Waals surface area contributed by atoms with Crippen LogP contribution in [0.1, 0.15) is 10.4 Å². The maximum Gasteiger partial charge on any atom is 0.339 e. The van der Waals surface area contributed by atoms with Crippen LogP contribution >= 0.6 is 0 Å². The summed E-state index contributed by atoms with van der Waals surface area (Å²) in [5.74, 6) is -0.690. The Balaban J connectivity index is 3.27. The average molecular weight is 258 g/mol. The Labute approximate surface area is 100 Å². The molecule has 0 atom stereocenters. The van der Waals surface area contributed by atoms with E-state index in [0.29, 0.717) is 0 Å². The third-order valence-corrected chi connectivity index (χ3v) is 3.43. The fraction of sp³-hybridized carbons (Fsp3) is 0.300. The number of nitrogens with one attached hydrogen (secondary N) is 1. The molecule has 0 fully saturated rings. The van der Waals surface area contributed by atoms with Crippen LogP contribution in [0.25, 0.3) is 0 Å². The molecule has 17 heavy (non-hydrogen) atoms. The monoisotopic (exact) mass is 258 g/mol. The fourth-order valence-corrected chi connectivity index (χ4v) is 2.55. The lowest BCUT2D eigenvalue weighted by atomic mass is 10.2. The molecular formula is C10H14N2O4S. The number of nitrogens with zero attached hydrogens (tertiary/aromatic N) is 1. The second-order valence-electron chi connectivity index (χ2n) is 3.48. The molecule has 0 aliphatic carbocycles. The molecule has 0 saturated heterocycles. The van der Waals surface area contributed by atoms with Crippen LogP contribution in [0.4, 0.5) is 0 Å². The first-order valence-electron chi connectivity index (χ1n) is 4.75. The molecule has 0 amide bonds. The van der Waals surface area contributed by atoms with Crippen LogP contribution in [-0.2, 0) is 14.8 Å². The second-order valence-corrected chi connectivity index (χ2v) is 5.11. The molecule has 0 spiro atoms. The van der Waals surface area contributed by atoms with Gasteiger partial charge in [-0.05, 0) is 12.1 Å². The first-order chi connectivity index (χ1) is 7.88. The molecule has 0 radical (unpaired) electrons. The molecule has 0 bridgehead atoms. The number of hydrogen-bond donors (Lipinski definition) is 1. The second kappa shape index (κ2) is 5.26. The summed E-state index contributed by atoms with van der Waals surface area (Å²) < 4.78 is 28.4. The Hall–Kier alpha value is -1.44. The highest BCUT2D eigenvalue weighted by molar-refractivity contribution is 7.89. The number of carbonyl (C=O) groups excluding carboxylic acids is 1. The molecule has 1 N–H and O–H groups in total. The zero-order valence-electron chi connectivity index (χ0n) is 9.80. The van der Waals surface area contributed by atoms with E-state index in [2.05, 4.69) is 9.57 Å². The molecule has 1 aromatic carbocycles. The Morgan fingerprint density at radius 2 is 1.88 bits per heavy atom. The standard InChI is InChI=1S/C10H14N2O4S/c1-12(2)11-17(14,15)9-7-5-4-6-8(9)10(13)16-3/h4-7,11H,1-3H3. The SMILES string of the molecule is COC(=O)c1ccccc1S(=O)(=O)NN(C)C. The lowest BCUT2D eigenvalue weighted by Gasteiger charge is -2.14. The number of carbonyl (C=O) groups is 1. The van der Waals surface area contributed by atoms with Crippen LogP contribution in [0, 0.1) is 0 Å². The lowest BCUT2D eigenvalue weighted by molar-refractivity contribution is 0.0596. The van der Waals surface area contributed by atoms with Gasteiger partial charge < -0.3 is 4.74 Å². The van der Waals surface area contributed by atoms with Gasteiger partial charge in [0, 0.05) is 14.1 Å². The van der Waals surface area contributed by atoms with Crippen molar-refractivity contribution >= 4 is 16.0 Å². The minimum atomic E-state index is -3.77. The highest BCUT2D eigenvalue weighted by atomic mass is 32.2. The van der Waals surface area contributed by atoms with Crippen LogP contribution in [0.3, 0.4) is 0 Å². The number of rotatable bonds is 4. The van der Waals surface area contributed by atoms with E-state index in [1.54, 1.807) is 6.07 Å². The number of methoxy groups -OCH3 is 1. The van der Waals surface area contributed by atoms with Crippen LogP contribution in [0.2, 0.25) is 0 Å². The number of esters is 1. The third kappa shape index (κ3) is 3.26. The molecular weight excluding hydrogens is 244 g/mol. The van der Waals surface area contributed by atoms with Gasteiger partial charge >= 0.3 is 5.97 Å². The number of sulfonamides is 1. The maximum atomic E-state index is 11.9. The largest absolute Gasteiger partial charge is 0.465 e. The molecule has 7 heteroatoms. The van der Waals surface area contributed by atoms with Crippen LogP contribution < -0.4 is 4.83 Å². The summed E-state index contributed by atoms with van der Waals surface area (Å²) >= 11 is 0. The van der Waals surface area contributed by atoms with E-state index in [1.165, 1.54) is 44.4 Å². The van der Waals surface area contributed by atoms with Crippen molar-refractivity contribution in [3.05, 3.63) is 29.8 Å². The van der Waals surface area contributed by atoms with Gasteiger partial charge in [0.05, 0.1) is 17.6 Å². The van der Waals surface area contributed by atoms with Gasteiger partial charge in [0.15, 0.2) is 0 Å². The summed E-state index contributed by atoms with van der Waals surface area (Å²) in [5.41, 5.74) is 0.00403. The lowest BCUT2D eigenvalue weighted by Crippen LogP contribution is -2.36. The summed E-state index contributed by atoms with van der Waals surface area (Å²) in [6.07, 6.45) is 0. The Bertz CT molecular complexity index is 511. The quantitative estimate of drug-likeness (QED) is 0.618. The topological polar surface area (TPSA) is 75.7 Å². The molecule has 0 saturated carbocycles. The summed E-state index contributed by atoms with van der Waals surface area (Å²) in [6, 6.07) is 5.85. The molecule has 94 valence electrons. The van der Waals surface area contributed by atoms with Crippen molar-refractivity contribution in [3.8, 4) is 0 Å². The van der Waals surface area contributed by atoms with E-state index < -0.39 is 16.0 Å². The summed E-state index contributed by atoms with van der Waals surface area (Å²) in [6.45, 7) is 0. The zero-order chi connectivity index (χ0) is 13.1. The zero-order valence-corrected chi connectivity index (χ0v) is 10.6. The molecule has 0 unspecified atom stereocenters. The summed E-state index contributed by atoms with van der Waals surface area (Å²) in [7, 11) is 0.509. The van der Waals surface area contributed by atoms with E-state index in [0.717, 1.165) is 0 Å². The molecule has 1 rings (SSSR count). The summed E-state index contributed by atoms with van der Waals surface area (Å²) in [4.78, 5) is 13.6. The van der Waals surface area contributed by atoms with Crippen molar-refractivity contribution < 1.29 is 17.9 Å². The van der Waals surface area contributed by atoms with Gasteiger partial charge in [0.25, 0.3) is 10.0 Å². The first kappa shape index (κ1) is 13.6. The van der Waals surface area contributed by atoms with Crippen LogP contribution in [0.5, 0.6) is 0 Å². The maximum absolute atomic E-state index is 11.9. The highest BCUT2D eigenvalue weighted by Gasteiger charge is 2.22. The average Bonchev–Trinajstić information content (AvgIpc) is 2.26. The van der Waals surface area contributed by atoms with Crippen molar-refractivity contribution in [2.24, 2.45) is 0 Å². The van der Waals surface area contributed by atoms with Gasteiger partial charge in [0.1, 0.15) is 0 Å². The number of hydrazine groups is 1. The van der Waals surface area contributed by atoms with Gasteiger partial charge in [0.2, 0.25) is 0 Å². The smallest absolute Gasteiger partial charge is 0.339 e. The van der Waals surface area contributed by atoms with E-state index in [-0.39, 0.29) is 10.5 Å². The molecule has 0 aliphatic heterocycles. The van der Waals surface area contributed by atoms with E-state index in [1.807, 2.05) is 0 Å². The fourth-order valence-electron chi connectivity index (χ4n) is 1.27. The number of ether oxygens (including phenoxy) is 1. The number of benzene rings is 1. The summed E-state index contributed by atoms with van der Waals surface area (Å²) in [5, 5.41) is 1.28. The first-order valence-corrected chi connectivity index (χ1v) is 6.24. The Morgan fingerprint density at radius 3 is 2.41 bits per heavy atom. The van der Waals surface area contributed by atoms with E-state index in [4.69, 9.17) is 0 Å². The molecule has 0 heterocycles. The number of hydrogen-bond acceptors (Lipinski definition) is 5. The van der Waals surface area contributed by atoms with Crippen LogP contribution in [-0.4, -0.2) is 40.6 Å². The highest BCUT2D eigenvalue weighted by Crippen LogP contribution is 2.16.